The summed E-state index contributed by atoms with van der Waals surface area (Å²) in [5.41, 5.74) is 2.16. The lowest BCUT2D eigenvalue weighted by atomic mass is 10.2. The number of rotatable bonds is 8. The van der Waals surface area contributed by atoms with Crippen LogP contribution in [-0.4, -0.2) is 21.9 Å². The summed E-state index contributed by atoms with van der Waals surface area (Å²) in [5.74, 6) is 0.165. The normalized spacial score (nSPS) is 10.5. The van der Waals surface area contributed by atoms with Crippen LogP contribution in [0.5, 0.6) is 0 Å². The van der Waals surface area contributed by atoms with E-state index in [1.54, 1.807) is 6.08 Å². The minimum Gasteiger partial charge on any atom is -0.345 e. The van der Waals surface area contributed by atoms with Crippen LogP contribution in [-0.2, 0) is 17.9 Å². The molecule has 0 saturated carbocycles. The molecule has 0 saturated heterocycles. The first-order valence-electron chi connectivity index (χ1n) is 7.91. The van der Waals surface area contributed by atoms with Crippen LogP contribution in [0.4, 0.5) is 0 Å². The molecule has 0 atom stereocenters. The molecule has 1 heterocycles. The highest BCUT2D eigenvalue weighted by Crippen LogP contribution is 2.18. The Morgan fingerprint density at radius 2 is 2.09 bits per heavy atom. The van der Waals surface area contributed by atoms with E-state index in [0.29, 0.717) is 26.1 Å². The lowest BCUT2D eigenvalue weighted by Gasteiger charge is -2.22. The number of carbonyl (C=O) groups excluding carboxylic acids is 1. The highest BCUT2D eigenvalue weighted by Gasteiger charge is 2.14. The highest BCUT2D eigenvalue weighted by molar-refractivity contribution is 6.31. The van der Waals surface area contributed by atoms with Crippen molar-refractivity contribution < 1.29 is 4.79 Å². The molecule has 0 fully saturated rings. The molecule has 0 bridgehead atoms. The molecular weight excluding hydrogens is 308 g/mol. The summed E-state index contributed by atoms with van der Waals surface area (Å²) in [4.78, 5) is 14.1. The van der Waals surface area contributed by atoms with Crippen molar-refractivity contribution in [2.24, 2.45) is 0 Å². The fraction of sp³-hybridized carbons (Fsp3) is 0.316. The third kappa shape index (κ3) is 4.73. The topological polar surface area (TPSA) is 25.2 Å². The first kappa shape index (κ1) is 17.4. The monoisotopic (exact) mass is 330 g/mol. The molecule has 2 aromatic rings. The average Bonchev–Trinajstić information content (AvgIpc) is 2.96. The van der Waals surface area contributed by atoms with Gasteiger partial charge in [0.05, 0.1) is 6.54 Å². The maximum atomic E-state index is 12.2. The van der Waals surface area contributed by atoms with Crippen molar-refractivity contribution in [1.82, 2.24) is 9.47 Å². The minimum atomic E-state index is 0.165. The van der Waals surface area contributed by atoms with Gasteiger partial charge in [-0.05, 0) is 30.2 Å². The number of halogens is 1. The van der Waals surface area contributed by atoms with Crippen LogP contribution in [0.15, 0.2) is 55.3 Å². The lowest BCUT2D eigenvalue weighted by Crippen LogP contribution is -2.31. The molecule has 23 heavy (non-hydrogen) atoms. The van der Waals surface area contributed by atoms with Gasteiger partial charge in [-0.2, -0.15) is 0 Å². The molecule has 3 nitrogen and oxygen atoms in total. The molecule has 1 amide bonds. The quantitative estimate of drug-likeness (QED) is 0.654. The third-order valence-corrected chi connectivity index (χ3v) is 4.11. The number of benzene rings is 1. The molecule has 1 aromatic heterocycles. The van der Waals surface area contributed by atoms with E-state index in [1.165, 1.54) is 0 Å². The molecule has 0 aliphatic rings. The highest BCUT2D eigenvalue weighted by atomic mass is 35.5. The Labute approximate surface area is 143 Å². The van der Waals surface area contributed by atoms with E-state index in [0.717, 1.165) is 22.7 Å². The van der Waals surface area contributed by atoms with Crippen molar-refractivity contribution >= 4 is 17.5 Å². The fourth-order valence-electron chi connectivity index (χ4n) is 2.54. The maximum Gasteiger partial charge on any atom is 0.223 e. The molecule has 0 aliphatic heterocycles. The summed E-state index contributed by atoms with van der Waals surface area (Å²) in [6.45, 7) is 7.63. The van der Waals surface area contributed by atoms with E-state index < -0.39 is 0 Å². The van der Waals surface area contributed by atoms with Gasteiger partial charge < -0.3 is 9.47 Å². The Bertz CT molecular complexity index is 663. The average molecular weight is 331 g/mol. The third-order valence-electron chi connectivity index (χ3n) is 3.74. The van der Waals surface area contributed by atoms with Crippen molar-refractivity contribution in [3.63, 3.8) is 0 Å². The minimum absolute atomic E-state index is 0.165. The SMILES string of the molecule is C=CCN(Cc1cccn1Cc1ccccc1Cl)C(=O)CCC. The lowest BCUT2D eigenvalue weighted by molar-refractivity contribution is -0.131. The van der Waals surface area contributed by atoms with Crippen molar-refractivity contribution in [3.8, 4) is 0 Å². The van der Waals surface area contributed by atoms with Crippen LogP contribution in [0.1, 0.15) is 31.0 Å². The smallest absolute Gasteiger partial charge is 0.223 e. The maximum absolute atomic E-state index is 12.2. The molecule has 0 N–H and O–H groups in total. The zero-order valence-corrected chi connectivity index (χ0v) is 14.3. The molecule has 0 spiro atoms. The number of aromatic nitrogens is 1. The molecule has 1 aromatic carbocycles. The summed E-state index contributed by atoms with van der Waals surface area (Å²) in [6, 6.07) is 11.9. The number of nitrogens with zero attached hydrogens (tertiary/aromatic N) is 2. The second kappa shape index (κ2) is 8.59. The predicted octanol–water partition coefficient (Wildman–Crippen LogP) is 4.50. The summed E-state index contributed by atoms with van der Waals surface area (Å²) in [7, 11) is 0. The van der Waals surface area contributed by atoms with E-state index in [-0.39, 0.29) is 5.91 Å². The van der Waals surface area contributed by atoms with Crippen LogP contribution in [0.25, 0.3) is 0 Å². The predicted molar refractivity (Wildman–Crippen MR) is 95.5 cm³/mol. The van der Waals surface area contributed by atoms with Gasteiger partial charge in [0.2, 0.25) is 5.91 Å². The Kier molecular flexibility index (Phi) is 6.48. The standard InChI is InChI=1S/C19H23ClN2O/c1-3-8-19(23)22(12-4-2)15-17-10-7-13-21(17)14-16-9-5-6-11-18(16)20/h4-7,9-11,13H,2-3,8,12,14-15H2,1H3. The van der Waals surface area contributed by atoms with Gasteiger partial charge in [-0.3, -0.25) is 4.79 Å². The van der Waals surface area contributed by atoms with E-state index in [9.17, 15) is 4.79 Å². The largest absolute Gasteiger partial charge is 0.345 e. The molecule has 122 valence electrons. The van der Waals surface area contributed by atoms with Gasteiger partial charge in [0.15, 0.2) is 0 Å². The van der Waals surface area contributed by atoms with Crippen molar-refractivity contribution in [3.05, 3.63) is 71.5 Å². The molecular formula is C19H23ClN2O. The summed E-state index contributed by atoms with van der Waals surface area (Å²) < 4.78 is 2.14. The van der Waals surface area contributed by atoms with Gasteiger partial charge in [0, 0.05) is 36.4 Å². The van der Waals surface area contributed by atoms with E-state index in [4.69, 9.17) is 11.6 Å². The second-order valence-electron chi connectivity index (χ2n) is 5.53. The number of hydrogen-bond acceptors (Lipinski definition) is 1. The van der Waals surface area contributed by atoms with Crippen LogP contribution >= 0.6 is 11.6 Å². The zero-order valence-electron chi connectivity index (χ0n) is 13.5. The van der Waals surface area contributed by atoms with Gasteiger partial charge in [-0.1, -0.05) is 42.8 Å². The fourth-order valence-corrected chi connectivity index (χ4v) is 2.73. The van der Waals surface area contributed by atoms with Gasteiger partial charge in [0.1, 0.15) is 0 Å². The first-order chi connectivity index (χ1) is 11.2. The Morgan fingerprint density at radius 1 is 1.30 bits per heavy atom. The van der Waals surface area contributed by atoms with Gasteiger partial charge in [-0.25, -0.2) is 0 Å². The second-order valence-corrected chi connectivity index (χ2v) is 5.94. The summed E-state index contributed by atoms with van der Waals surface area (Å²) in [5, 5.41) is 0.761. The molecule has 2 rings (SSSR count). The Hall–Kier alpha value is -2.00. The van der Waals surface area contributed by atoms with E-state index >= 15 is 0 Å². The van der Waals surface area contributed by atoms with Crippen molar-refractivity contribution in [2.45, 2.75) is 32.9 Å². The summed E-state index contributed by atoms with van der Waals surface area (Å²) >= 11 is 6.25. The molecule has 0 radical (unpaired) electrons. The van der Waals surface area contributed by atoms with Crippen molar-refractivity contribution in [2.75, 3.05) is 6.54 Å². The van der Waals surface area contributed by atoms with Crippen LogP contribution < -0.4 is 0 Å². The summed E-state index contributed by atoms with van der Waals surface area (Å²) in [6.07, 6.45) is 5.22. The number of hydrogen-bond donors (Lipinski definition) is 0. The molecule has 0 unspecified atom stereocenters. The zero-order chi connectivity index (χ0) is 16.7. The Balaban J connectivity index is 2.14. The molecule has 4 heteroatoms. The molecule has 0 aliphatic carbocycles. The number of carbonyl (C=O) groups is 1. The van der Waals surface area contributed by atoms with Crippen LogP contribution in [0.3, 0.4) is 0 Å². The van der Waals surface area contributed by atoms with Crippen LogP contribution in [0, 0.1) is 0 Å². The van der Waals surface area contributed by atoms with Gasteiger partial charge >= 0.3 is 0 Å². The van der Waals surface area contributed by atoms with Crippen LogP contribution in [0.2, 0.25) is 5.02 Å². The van der Waals surface area contributed by atoms with E-state index in [2.05, 4.69) is 11.1 Å². The van der Waals surface area contributed by atoms with E-state index in [1.807, 2.05) is 54.4 Å². The van der Waals surface area contributed by atoms with Crippen molar-refractivity contribution in [1.29, 1.82) is 0 Å². The first-order valence-corrected chi connectivity index (χ1v) is 8.29. The Morgan fingerprint density at radius 3 is 2.78 bits per heavy atom. The van der Waals surface area contributed by atoms with Gasteiger partial charge in [-0.15, -0.1) is 6.58 Å². The van der Waals surface area contributed by atoms with Gasteiger partial charge in [0.25, 0.3) is 0 Å². The number of amides is 1.